The number of furan rings is 1. The summed E-state index contributed by atoms with van der Waals surface area (Å²) in [4.78, 5) is 4.62. The molecule has 0 fully saturated rings. The van der Waals surface area contributed by atoms with Gasteiger partial charge in [0.2, 0.25) is 0 Å². The van der Waals surface area contributed by atoms with Crippen LogP contribution in [0.2, 0.25) is 0 Å². The summed E-state index contributed by atoms with van der Waals surface area (Å²) in [7, 11) is 0. The zero-order valence-corrected chi connectivity index (χ0v) is 16.9. The lowest BCUT2D eigenvalue weighted by atomic mass is 9.87. The number of pyridine rings is 1. The van der Waals surface area contributed by atoms with Crippen molar-refractivity contribution < 1.29 is 4.42 Å². The van der Waals surface area contributed by atoms with Gasteiger partial charge in [-0.3, -0.25) is 4.98 Å². The first-order valence-corrected chi connectivity index (χ1v) is 9.98. The van der Waals surface area contributed by atoms with Crippen molar-refractivity contribution in [3.05, 3.63) is 90.6 Å². The summed E-state index contributed by atoms with van der Waals surface area (Å²) in [5, 5.41) is 2.26. The molecule has 2 nitrogen and oxygen atoms in total. The van der Waals surface area contributed by atoms with E-state index in [4.69, 9.17) is 4.42 Å². The van der Waals surface area contributed by atoms with E-state index in [-0.39, 0.29) is 5.41 Å². The lowest BCUT2D eigenvalue weighted by Gasteiger charge is -2.19. The molecule has 0 bridgehead atoms. The fraction of sp³-hybridized carbons (Fsp3) is 0.148. The summed E-state index contributed by atoms with van der Waals surface area (Å²) in [5.74, 6) is 0. The van der Waals surface area contributed by atoms with E-state index in [1.165, 1.54) is 11.1 Å². The van der Waals surface area contributed by atoms with Crippen molar-refractivity contribution in [2.45, 2.75) is 26.2 Å². The summed E-state index contributed by atoms with van der Waals surface area (Å²) in [5.41, 5.74) is 7.66. The highest BCUT2D eigenvalue weighted by Gasteiger charge is 2.15. The first-order valence-electron chi connectivity index (χ1n) is 9.98. The van der Waals surface area contributed by atoms with Crippen LogP contribution < -0.4 is 0 Å². The third-order valence-electron chi connectivity index (χ3n) is 5.50. The topological polar surface area (TPSA) is 26.0 Å². The minimum Gasteiger partial charge on any atom is -0.456 e. The van der Waals surface area contributed by atoms with Crippen molar-refractivity contribution in [2.75, 3.05) is 0 Å². The van der Waals surface area contributed by atoms with E-state index in [1.807, 2.05) is 12.3 Å². The van der Waals surface area contributed by atoms with Crippen LogP contribution in [0.5, 0.6) is 0 Å². The quantitative estimate of drug-likeness (QED) is 0.316. The molecule has 0 aliphatic heterocycles. The van der Waals surface area contributed by atoms with Crippen molar-refractivity contribution >= 4 is 21.9 Å². The number of aromatic nitrogens is 1. The molecule has 0 atom stereocenters. The third kappa shape index (κ3) is 3.21. The predicted molar refractivity (Wildman–Crippen MR) is 121 cm³/mol. The van der Waals surface area contributed by atoms with Gasteiger partial charge in [-0.2, -0.15) is 0 Å². The van der Waals surface area contributed by atoms with E-state index < -0.39 is 0 Å². The van der Waals surface area contributed by atoms with Crippen LogP contribution in [-0.4, -0.2) is 4.98 Å². The maximum Gasteiger partial charge on any atom is 0.136 e. The summed E-state index contributed by atoms with van der Waals surface area (Å²) in [6, 6.07) is 27.5. The molecule has 0 aliphatic rings. The van der Waals surface area contributed by atoms with Crippen LogP contribution in [0.3, 0.4) is 0 Å². The second kappa shape index (κ2) is 6.59. The zero-order valence-electron chi connectivity index (χ0n) is 16.9. The lowest BCUT2D eigenvalue weighted by Crippen LogP contribution is -2.11. The lowest BCUT2D eigenvalue weighted by molar-refractivity contribution is 0.589. The van der Waals surface area contributed by atoms with E-state index >= 15 is 0 Å². The minimum absolute atomic E-state index is 0.0952. The molecule has 142 valence electrons. The average Bonchev–Trinajstić information content (AvgIpc) is 3.11. The van der Waals surface area contributed by atoms with Crippen LogP contribution in [0.15, 0.2) is 89.5 Å². The van der Waals surface area contributed by atoms with Crippen LogP contribution >= 0.6 is 0 Å². The Balaban J connectivity index is 1.63. The standard InChI is InChI=1S/C27H23NO/c1-27(2,3)21-13-14-28-24(17-21)20-10-12-25-23(15-20)22-11-9-19(16-26(22)29-25)18-7-5-4-6-8-18/h4-17H,1-3H3. The SMILES string of the molecule is CC(C)(C)c1ccnc(-c2ccc3oc4cc(-c5ccccc5)ccc4c3c2)c1. The van der Waals surface area contributed by atoms with Crippen molar-refractivity contribution in [2.24, 2.45) is 0 Å². The molecule has 0 saturated heterocycles. The van der Waals surface area contributed by atoms with Gasteiger partial charge in [0.05, 0.1) is 5.69 Å². The molecule has 5 aromatic rings. The Kier molecular flexibility index (Phi) is 4.02. The molecule has 0 saturated carbocycles. The molecule has 0 amide bonds. The van der Waals surface area contributed by atoms with Crippen LogP contribution in [0, 0.1) is 0 Å². The Hall–Kier alpha value is -3.39. The van der Waals surface area contributed by atoms with Crippen molar-refractivity contribution in [1.82, 2.24) is 4.98 Å². The predicted octanol–water partition coefficient (Wildman–Crippen LogP) is 7.61. The molecule has 29 heavy (non-hydrogen) atoms. The normalized spacial score (nSPS) is 12.0. The third-order valence-corrected chi connectivity index (χ3v) is 5.50. The maximum absolute atomic E-state index is 6.16. The largest absolute Gasteiger partial charge is 0.456 e. The summed E-state index contributed by atoms with van der Waals surface area (Å²) in [6.07, 6.45) is 1.90. The zero-order chi connectivity index (χ0) is 20.0. The molecule has 3 aromatic carbocycles. The van der Waals surface area contributed by atoms with Gasteiger partial charge in [0.25, 0.3) is 0 Å². The number of nitrogens with zero attached hydrogens (tertiary/aromatic N) is 1. The van der Waals surface area contributed by atoms with Gasteiger partial charge >= 0.3 is 0 Å². The number of hydrogen-bond acceptors (Lipinski definition) is 2. The molecule has 0 radical (unpaired) electrons. The molecule has 0 spiro atoms. The molecule has 2 heteroatoms. The average molecular weight is 377 g/mol. The summed E-state index contributed by atoms with van der Waals surface area (Å²) >= 11 is 0. The van der Waals surface area contributed by atoms with Gasteiger partial charge in [0, 0.05) is 22.5 Å². The summed E-state index contributed by atoms with van der Waals surface area (Å²) < 4.78 is 6.16. The highest BCUT2D eigenvalue weighted by Crippen LogP contribution is 2.35. The highest BCUT2D eigenvalue weighted by molar-refractivity contribution is 6.07. The van der Waals surface area contributed by atoms with E-state index in [9.17, 15) is 0 Å². The molecule has 2 aromatic heterocycles. The van der Waals surface area contributed by atoms with Crippen molar-refractivity contribution in [3.63, 3.8) is 0 Å². The number of hydrogen-bond donors (Lipinski definition) is 0. The van der Waals surface area contributed by atoms with E-state index in [1.54, 1.807) is 0 Å². The molecule has 0 N–H and O–H groups in total. The van der Waals surface area contributed by atoms with Gasteiger partial charge in [-0.05, 0) is 64.6 Å². The van der Waals surface area contributed by atoms with Gasteiger partial charge in [-0.25, -0.2) is 0 Å². The van der Waals surface area contributed by atoms with Gasteiger partial charge in [0.15, 0.2) is 0 Å². The Morgan fingerprint density at radius 2 is 1.45 bits per heavy atom. The number of fused-ring (bicyclic) bond motifs is 3. The number of rotatable bonds is 2. The molecule has 0 unspecified atom stereocenters. The van der Waals surface area contributed by atoms with Crippen molar-refractivity contribution in [1.29, 1.82) is 0 Å². The van der Waals surface area contributed by atoms with Crippen LogP contribution in [0.4, 0.5) is 0 Å². The Morgan fingerprint density at radius 1 is 0.655 bits per heavy atom. The van der Waals surface area contributed by atoms with Crippen LogP contribution in [0.25, 0.3) is 44.3 Å². The van der Waals surface area contributed by atoms with E-state index in [0.717, 1.165) is 38.8 Å². The smallest absolute Gasteiger partial charge is 0.136 e. The minimum atomic E-state index is 0.0952. The van der Waals surface area contributed by atoms with Gasteiger partial charge in [-0.15, -0.1) is 0 Å². The van der Waals surface area contributed by atoms with Crippen molar-refractivity contribution in [3.8, 4) is 22.4 Å². The monoisotopic (exact) mass is 377 g/mol. The van der Waals surface area contributed by atoms with Gasteiger partial charge < -0.3 is 4.42 Å². The van der Waals surface area contributed by atoms with E-state index in [2.05, 4.69) is 98.6 Å². The maximum atomic E-state index is 6.16. The molecule has 5 rings (SSSR count). The highest BCUT2D eigenvalue weighted by atomic mass is 16.3. The van der Waals surface area contributed by atoms with Crippen LogP contribution in [-0.2, 0) is 5.41 Å². The molecule has 2 heterocycles. The summed E-state index contributed by atoms with van der Waals surface area (Å²) in [6.45, 7) is 6.68. The molecule has 0 aliphatic carbocycles. The molecular formula is C27H23NO. The fourth-order valence-electron chi connectivity index (χ4n) is 3.80. The Labute approximate surface area is 170 Å². The first-order chi connectivity index (χ1) is 14.0. The van der Waals surface area contributed by atoms with Gasteiger partial charge in [-0.1, -0.05) is 57.2 Å². The second-order valence-corrected chi connectivity index (χ2v) is 8.57. The molecular weight excluding hydrogens is 354 g/mol. The Morgan fingerprint density at radius 3 is 2.24 bits per heavy atom. The number of benzene rings is 3. The Bertz CT molecular complexity index is 1320. The second-order valence-electron chi connectivity index (χ2n) is 8.57. The van der Waals surface area contributed by atoms with Gasteiger partial charge in [0.1, 0.15) is 11.2 Å². The first kappa shape index (κ1) is 17.7. The van der Waals surface area contributed by atoms with Crippen LogP contribution in [0.1, 0.15) is 26.3 Å². The fourth-order valence-corrected chi connectivity index (χ4v) is 3.80. The van der Waals surface area contributed by atoms with E-state index in [0.29, 0.717) is 0 Å².